The zero-order valence-electron chi connectivity index (χ0n) is 9.73. The highest BCUT2D eigenvalue weighted by Crippen LogP contribution is 1.90. The van der Waals surface area contributed by atoms with E-state index in [0.29, 0.717) is 13.1 Å². The Balaban J connectivity index is 3.98. The van der Waals surface area contributed by atoms with E-state index in [-0.39, 0.29) is 11.5 Å². The van der Waals surface area contributed by atoms with Gasteiger partial charge in [0.1, 0.15) is 0 Å². The second-order valence-corrected chi connectivity index (χ2v) is 7.44. The van der Waals surface area contributed by atoms with Crippen LogP contribution in [0.15, 0.2) is 0 Å². The van der Waals surface area contributed by atoms with Crippen molar-refractivity contribution in [3.8, 4) is 0 Å². The topological polar surface area (TPSA) is 95.6 Å². The lowest BCUT2D eigenvalue weighted by molar-refractivity contribution is 0.373. The minimum absolute atomic E-state index is 0.0421. The number of hydrogen-bond acceptors (Lipinski definition) is 5. The van der Waals surface area contributed by atoms with E-state index in [1.54, 1.807) is 11.9 Å². The minimum Gasteiger partial charge on any atom is -0.304 e. The van der Waals surface area contributed by atoms with Crippen LogP contribution in [-0.2, 0) is 20.0 Å². The van der Waals surface area contributed by atoms with E-state index >= 15 is 0 Å². The molecule has 0 aliphatic rings. The predicted octanol–water partition coefficient (Wildman–Crippen LogP) is -1.98. The third-order valence-corrected chi connectivity index (χ3v) is 4.79. The van der Waals surface area contributed by atoms with Crippen molar-refractivity contribution in [1.82, 2.24) is 14.3 Å². The van der Waals surface area contributed by atoms with Crippen LogP contribution in [-0.4, -0.2) is 67.5 Å². The Labute approximate surface area is 97.3 Å². The first-order chi connectivity index (χ1) is 7.22. The summed E-state index contributed by atoms with van der Waals surface area (Å²) >= 11 is 0. The van der Waals surface area contributed by atoms with Gasteiger partial charge in [-0.25, -0.2) is 26.3 Å². The van der Waals surface area contributed by atoms with Crippen molar-refractivity contribution in [1.29, 1.82) is 0 Å². The van der Waals surface area contributed by atoms with Crippen molar-refractivity contribution < 1.29 is 16.8 Å². The second kappa shape index (κ2) is 6.50. The highest BCUT2D eigenvalue weighted by molar-refractivity contribution is 7.89. The molecule has 0 bridgehead atoms. The Hall–Kier alpha value is -0.220. The van der Waals surface area contributed by atoms with Gasteiger partial charge >= 0.3 is 0 Å². The summed E-state index contributed by atoms with van der Waals surface area (Å²) in [6.07, 6.45) is 0. The van der Waals surface area contributed by atoms with Crippen molar-refractivity contribution in [2.75, 3.05) is 45.7 Å². The summed E-state index contributed by atoms with van der Waals surface area (Å²) in [5, 5.41) is 0. The summed E-state index contributed by atoms with van der Waals surface area (Å²) in [7, 11) is -2.09. The van der Waals surface area contributed by atoms with Crippen molar-refractivity contribution in [2.24, 2.45) is 0 Å². The van der Waals surface area contributed by atoms with E-state index in [1.807, 2.05) is 0 Å². The molecule has 0 spiro atoms. The standard InChI is InChI=1S/C7H19N3O4S2/c1-8-15(11,12)6-4-10(3)5-7-16(13,14)9-2/h8-9H,4-7H2,1-3H3. The molecule has 0 unspecified atom stereocenters. The third-order valence-electron chi connectivity index (χ3n) is 2.11. The maximum absolute atomic E-state index is 11.1. The highest BCUT2D eigenvalue weighted by atomic mass is 32.2. The molecule has 0 aromatic rings. The molecule has 0 saturated heterocycles. The van der Waals surface area contributed by atoms with Gasteiger partial charge < -0.3 is 4.90 Å². The first kappa shape index (κ1) is 15.8. The Morgan fingerprint density at radius 3 is 1.44 bits per heavy atom. The fourth-order valence-electron chi connectivity index (χ4n) is 0.868. The fourth-order valence-corrected chi connectivity index (χ4v) is 2.38. The summed E-state index contributed by atoms with van der Waals surface area (Å²) in [5.74, 6) is -0.0841. The third kappa shape index (κ3) is 7.12. The molecule has 9 heteroatoms. The van der Waals surface area contributed by atoms with Crippen molar-refractivity contribution in [3.05, 3.63) is 0 Å². The van der Waals surface area contributed by atoms with Gasteiger partial charge in [0.2, 0.25) is 20.0 Å². The van der Waals surface area contributed by atoms with Gasteiger partial charge in [0.05, 0.1) is 11.5 Å². The van der Waals surface area contributed by atoms with Crippen LogP contribution in [0, 0.1) is 0 Å². The minimum atomic E-state index is -3.23. The van der Waals surface area contributed by atoms with Crippen molar-refractivity contribution in [3.63, 3.8) is 0 Å². The lowest BCUT2D eigenvalue weighted by Gasteiger charge is -2.15. The maximum Gasteiger partial charge on any atom is 0.212 e. The molecule has 16 heavy (non-hydrogen) atoms. The lowest BCUT2D eigenvalue weighted by atomic mass is 10.6. The average molecular weight is 273 g/mol. The molecule has 0 rings (SSSR count). The van der Waals surface area contributed by atoms with E-state index in [4.69, 9.17) is 0 Å². The second-order valence-electron chi connectivity index (χ2n) is 3.35. The molecular formula is C7H19N3O4S2. The van der Waals surface area contributed by atoms with Gasteiger partial charge in [-0.15, -0.1) is 0 Å². The van der Waals surface area contributed by atoms with Gasteiger partial charge in [-0.1, -0.05) is 0 Å². The SMILES string of the molecule is CNS(=O)(=O)CCN(C)CCS(=O)(=O)NC. The maximum atomic E-state index is 11.1. The average Bonchev–Trinajstić information content (AvgIpc) is 2.24. The molecule has 0 aromatic carbocycles. The Morgan fingerprint density at radius 2 is 1.19 bits per heavy atom. The van der Waals surface area contributed by atoms with Gasteiger partial charge in [-0.05, 0) is 21.1 Å². The largest absolute Gasteiger partial charge is 0.304 e. The summed E-state index contributed by atoms with van der Waals surface area (Å²) < 4.78 is 48.8. The van der Waals surface area contributed by atoms with Crippen LogP contribution in [0.2, 0.25) is 0 Å². The van der Waals surface area contributed by atoms with Crippen LogP contribution in [0.3, 0.4) is 0 Å². The summed E-state index contributed by atoms with van der Waals surface area (Å²) in [4.78, 5) is 1.66. The van der Waals surface area contributed by atoms with E-state index in [0.717, 1.165) is 0 Å². The van der Waals surface area contributed by atoms with E-state index in [9.17, 15) is 16.8 Å². The van der Waals surface area contributed by atoms with Crippen LogP contribution in [0.4, 0.5) is 0 Å². The monoisotopic (exact) mass is 273 g/mol. The first-order valence-electron chi connectivity index (χ1n) is 4.73. The van der Waals surface area contributed by atoms with E-state index < -0.39 is 20.0 Å². The molecule has 0 radical (unpaired) electrons. The Bertz CT molecular complexity index is 352. The number of sulfonamides is 2. The quantitative estimate of drug-likeness (QED) is 0.534. The lowest BCUT2D eigenvalue weighted by Crippen LogP contribution is -2.35. The molecule has 0 heterocycles. The molecule has 7 nitrogen and oxygen atoms in total. The fraction of sp³-hybridized carbons (Fsp3) is 1.00. The van der Waals surface area contributed by atoms with Gasteiger partial charge in [0.25, 0.3) is 0 Å². The number of hydrogen-bond donors (Lipinski definition) is 2. The van der Waals surface area contributed by atoms with Crippen molar-refractivity contribution in [2.45, 2.75) is 0 Å². The number of nitrogens with zero attached hydrogens (tertiary/aromatic N) is 1. The Kier molecular flexibility index (Phi) is 6.41. The molecule has 0 fully saturated rings. The molecule has 0 amide bonds. The van der Waals surface area contributed by atoms with Crippen molar-refractivity contribution >= 4 is 20.0 Å². The van der Waals surface area contributed by atoms with Crippen LogP contribution in [0.25, 0.3) is 0 Å². The van der Waals surface area contributed by atoms with Crippen LogP contribution < -0.4 is 9.44 Å². The van der Waals surface area contributed by atoms with E-state index in [1.165, 1.54) is 14.1 Å². The zero-order valence-corrected chi connectivity index (χ0v) is 11.4. The molecule has 2 N–H and O–H groups in total. The molecule has 98 valence electrons. The molecular weight excluding hydrogens is 254 g/mol. The van der Waals surface area contributed by atoms with Gasteiger partial charge in [-0.3, -0.25) is 0 Å². The zero-order chi connectivity index (χ0) is 12.8. The van der Waals surface area contributed by atoms with Crippen LogP contribution in [0.5, 0.6) is 0 Å². The molecule has 0 saturated carbocycles. The van der Waals surface area contributed by atoms with Crippen LogP contribution >= 0.6 is 0 Å². The predicted molar refractivity (Wildman–Crippen MR) is 63.2 cm³/mol. The smallest absolute Gasteiger partial charge is 0.212 e. The van der Waals surface area contributed by atoms with E-state index in [2.05, 4.69) is 9.44 Å². The summed E-state index contributed by atoms with van der Waals surface area (Å²) in [6.45, 7) is 0.588. The summed E-state index contributed by atoms with van der Waals surface area (Å²) in [6, 6.07) is 0. The molecule has 0 aliphatic carbocycles. The molecule has 0 aliphatic heterocycles. The Morgan fingerprint density at radius 1 is 0.875 bits per heavy atom. The number of rotatable bonds is 8. The first-order valence-corrected chi connectivity index (χ1v) is 8.04. The van der Waals surface area contributed by atoms with Gasteiger partial charge in [0.15, 0.2) is 0 Å². The normalized spacial score (nSPS) is 13.2. The van der Waals surface area contributed by atoms with Crippen LogP contribution in [0.1, 0.15) is 0 Å². The highest BCUT2D eigenvalue weighted by Gasteiger charge is 2.12. The molecule has 0 atom stereocenters. The van der Waals surface area contributed by atoms with Gasteiger partial charge in [0, 0.05) is 13.1 Å². The molecule has 0 aromatic heterocycles. The van der Waals surface area contributed by atoms with Gasteiger partial charge in [-0.2, -0.15) is 0 Å². The summed E-state index contributed by atoms with van der Waals surface area (Å²) in [5.41, 5.74) is 0. The number of nitrogens with one attached hydrogen (secondary N) is 2.